The smallest absolute Gasteiger partial charge is 0.160 e. The number of aryl methyl sites for hydroxylation is 2. The van der Waals surface area contributed by atoms with Crippen LogP contribution in [0.5, 0.6) is 0 Å². The molecule has 0 spiro atoms. The lowest BCUT2D eigenvalue weighted by Gasteiger charge is -2.44. The lowest BCUT2D eigenvalue weighted by Crippen LogP contribution is -2.41. The summed E-state index contributed by atoms with van der Waals surface area (Å²) in [6.07, 6.45) is 2.39. The van der Waals surface area contributed by atoms with Crippen molar-refractivity contribution in [1.29, 1.82) is 0 Å². The number of nitrogens with one attached hydrogen (secondary N) is 1. The number of benzene rings is 1. The van der Waals surface area contributed by atoms with Gasteiger partial charge in [0.15, 0.2) is 5.78 Å². The summed E-state index contributed by atoms with van der Waals surface area (Å²) in [5.74, 6) is 0.309. The van der Waals surface area contributed by atoms with Crippen LogP contribution in [0.25, 0.3) is 0 Å². The number of carbonyl (C=O) groups excluding carboxylic acids is 1. The van der Waals surface area contributed by atoms with Crippen molar-refractivity contribution >= 4 is 5.78 Å². The molecule has 0 fully saturated rings. The van der Waals surface area contributed by atoms with Crippen molar-refractivity contribution in [3.8, 4) is 0 Å². The highest BCUT2D eigenvalue weighted by atomic mass is 16.1. The van der Waals surface area contributed by atoms with E-state index in [4.69, 9.17) is 0 Å². The van der Waals surface area contributed by atoms with Gasteiger partial charge in [0.2, 0.25) is 0 Å². The summed E-state index contributed by atoms with van der Waals surface area (Å²) < 4.78 is 0. The van der Waals surface area contributed by atoms with Gasteiger partial charge in [-0.3, -0.25) is 9.89 Å². The standard InChI is InChI=1S/C22H26N2O/c1-13-8-6-7-9-16(13)22(5)19-14(2)23-24-17(19)10-15-11-21(3,4)12-18(25)20(15)22/h6-9H,10-12H2,1-5H3,(H,23,24)/t22-/m1/s1. The van der Waals surface area contributed by atoms with Crippen molar-refractivity contribution in [3.05, 3.63) is 63.5 Å². The number of hydrogen-bond acceptors (Lipinski definition) is 2. The predicted molar refractivity (Wildman–Crippen MR) is 99.7 cm³/mol. The van der Waals surface area contributed by atoms with Crippen LogP contribution in [0.2, 0.25) is 0 Å². The van der Waals surface area contributed by atoms with Crippen LogP contribution in [0.4, 0.5) is 0 Å². The van der Waals surface area contributed by atoms with E-state index in [-0.39, 0.29) is 5.41 Å². The van der Waals surface area contributed by atoms with E-state index in [1.807, 2.05) is 0 Å². The van der Waals surface area contributed by atoms with E-state index in [9.17, 15) is 4.79 Å². The minimum atomic E-state index is -0.418. The summed E-state index contributed by atoms with van der Waals surface area (Å²) in [4.78, 5) is 13.3. The SMILES string of the molecule is Cc1ccccc1[C@@]1(C)C2=C(Cc3n[nH]c(C)c31)CC(C)(C)CC2=O. The molecule has 3 nitrogen and oxygen atoms in total. The largest absolute Gasteiger partial charge is 0.294 e. The zero-order chi connectivity index (χ0) is 18.0. The lowest BCUT2D eigenvalue weighted by atomic mass is 9.58. The van der Waals surface area contributed by atoms with Gasteiger partial charge in [-0.05, 0) is 43.7 Å². The van der Waals surface area contributed by atoms with Crippen LogP contribution in [-0.2, 0) is 16.6 Å². The molecule has 2 aromatic rings. The normalized spacial score (nSPS) is 24.9. The molecule has 1 heterocycles. The molecule has 1 aromatic carbocycles. The van der Waals surface area contributed by atoms with Gasteiger partial charge in [0, 0.05) is 35.1 Å². The third kappa shape index (κ3) is 2.25. The van der Waals surface area contributed by atoms with Gasteiger partial charge in [-0.25, -0.2) is 0 Å². The highest BCUT2D eigenvalue weighted by Crippen LogP contribution is 2.53. The predicted octanol–water partition coefficient (Wildman–Crippen LogP) is 4.57. The second-order valence-corrected chi connectivity index (χ2v) is 8.71. The van der Waals surface area contributed by atoms with E-state index in [0.29, 0.717) is 12.2 Å². The number of nitrogens with zero attached hydrogens (tertiary/aromatic N) is 1. The van der Waals surface area contributed by atoms with Gasteiger partial charge in [-0.15, -0.1) is 0 Å². The molecule has 0 radical (unpaired) electrons. The number of hydrogen-bond donors (Lipinski definition) is 1. The summed E-state index contributed by atoms with van der Waals surface area (Å²) in [5, 5.41) is 7.78. The van der Waals surface area contributed by atoms with E-state index in [0.717, 1.165) is 29.8 Å². The van der Waals surface area contributed by atoms with Crippen LogP contribution >= 0.6 is 0 Å². The minimum Gasteiger partial charge on any atom is -0.294 e. The highest BCUT2D eigenvalue weighted by molar-refractivity contribution is 6.01. The van der Waals surface area contributed by atoms with E-state index >= 15 is 0 Å². The molecule has 0 unspecified atom stereocenters. The molecule has 1 N–H and O–H groups in total. The van der Waals surface area contributed by atoms with Crippen LogP contribution in [0, 0.1) is 19.3 Å². The Labute approximate surface area is 149 Å². The second-order valence-electron chi connectivity index (χ2n) is 8.71. The molecule has 130 valence electrons. The average Bonchev–Trinajstić information content (AvgIpc) is 2.87. The summed E-state index contributed by atoms with van der Waals surface area (Å²) in [6, 6.07) is 8.46. The van der Waals surface area contributed by atoms with Gasteiger partial charge in [0.05, 0.1) is 5.69 Å². The summed E-state index contributed by atoms with van der Waals surface area (Å²) in [6.45, 7) is 10.8. The zero-order valence-electron chi connectivity index (χ0n) is 15.8. The monoisotopic (exact) mass is 334 g/mol. The van der Waals surface area contributed by atoms with Crippen molar-refractivity contribution < 1.29 is 4.79 Å². The first-order chi connectivity index (χ1) is 11.7. The van der Waals surface area contributed by atoms with Gasteiger partial charge < -0.3 is 0 Å². The van der Waals surface area contributed by atoms with Gasteiger partial charge in [-0.2, -0.15) is 5.10 Å². The molecule has 0 amide bonds. The maximum Gasteiger partial charge on any atom is 0.160 e. The Morgan fingerprint density at radius 2 is 1.80 bits per heavy atom. The topological polar surface area (TPSA) is 45.8 Å². The van der Waals surface area contributed by atoms with Crippen molar-refractivity contribution in [3.63, 3.8) is 0 Å². The first-order valence-electron chi connectivity index (χ1n) is 9.10. The van der Waals surface area contributed by atoms with E-state index < -0.39 is 5.41 Å². The van der Waals surface area contributed by atoms with Crippen LogP contribution in [0.3, 0.4) is 0 Å². The number of fused-ring (bicyclic) bond motifs is 1. The Morgan fingerprint density at radius 1 is 1.08 bits per heavy atom. The molecule has 2 aliphatic rings. The maximum absolute atomic E-state index is 13.3. The second kappa shape index (κ2) is 5.17. The number of allylic oxidation sites excluding steroid dienone is 2. The number of rotatable bonds is 1. The van der Waals surface area contributed by atoms with Crippen LogP contribution < -0.4 is 0 Å². The third-order valence-electron chi connectivity index (χ3n) is 6.05. The maximum atomic E-state index is 13.3. The van der Waals surface area contributed by atoms with E-state index in [1.54, 1.807) is 0 Å². The number of aromatic amines is 1. The number of aromatic nitrogens is 2. The molecule has 0 bridgehead atoms. The summed E-state index contributed by atoms with van der Waals surface area (Å²) >= 11 is 0. The quantitative estimate of drug-likeness (QED) is 0.830. The van der Waals surface area contributed by atoms with Crippen molar-refractivity contribution in [2.75, 3.05) is 0 Å². The summed E-state index contributed by atoms with van der Waals surface area (Å²) in [5.41, 5.74) is 7.75. The molecule has 4 rings (SSSR count). The fourth-order valence-electron chi connectivity index (χ4n) is 5.23. The Morgan fingerprint density at radius 3 is 2.52 bits per heavy atom. The van der Waals surface area contributed by atoms with E-state index in [2.05, 4.69) is 69.1 Å². The van der Waals surface area contributed by atoms with Gasteiger partial charge in [-0.1, -0.05) is 43.7 Å². The molecule has 0 saturated heterocycles. The van der Waals surface area contributed by atoms with Gasteiger partial charge in [0.1, 0.15) is 0 Å². The van der Waals surface area contributed by atoms with Crippen molar-refractivity contribution in [1.82, 2.24) is 10.2 Å². The average molecular weight is 334 g/mol. The first-order valence-corrected chi connectivity index (χ1v) is 9.10. The molecule has 0 aliphatic heterocycles. The lowest BCUT2D eigenvalue weighted by molar-refractivity contribution is -0.118. The highest BCUT2D eigenvalue weighted by Gasteiger charge is 2.49. The number of ketones is 1. The molecular formula is C22H26N2O. The first kappa shape index (κ1) is 16.3. The van der Waals surface area contributed by atoms with Gasteiger partial charge in [0.25, 0.3) is 0 Å². The molecule has 3 heteroatoms. The van der Waals surface area contributed by atoms with Crippen molar-refractivity contribution in [2.45, 2.75) is 59.3 Å². The van der Waals surface area contributed by atoms with Crippen LogP contribution in [0.15, 0.2) is 35.4 Å². The Balaban J connectivity index is 2.05. The molecule has 2 aliphatic carbocycles. The Hall–Kier alpha value is -2.16. The minimum absolute atomic E-state index is 0.0331. The zero-order valence-corrected chi connectivity index (χ0v) is 15.8. The Bertz CT molecular complexity index is 916. The third-order valence-corrected chi connectivity index (χ3v) is 6.05. The number of H-pyrrole nitrogens is 1. The molecule has 1 atom stereocenters. The molecular weight excluding hydrogens is 308 g/mol. The van der Waals surface area contributed by atoms with E-state index in [1.165, 1.54) is 22.3 Å². The fourth-order valence-corrected chi connectivity index (χ4v) is 5.23. The van der Waals surface area contributed by atoms with Crippen LogP contribution in [-0.4, -0.2) is 16.0 Å². The van der Waals surface area contributed by atoms with Crippen LogP contribution in [0.1, 0.15) is 61.7 Å². The van der Waals surface area contributed by atoms with Gasteiger partial charge >= 0.3 is 0 Å². The van der Waals surface area contributed by atoms with Crippen molar-refractivity contribution in [2.24, 2.45) is 5.41 Å². The fraction of sp³-hybridized carbons (Fsp3) is 0.455. The molecule has 25 heavy (non-hydrogen) atoms. The number of carbonyl (C=O) groups is 1. The molecule has 1 aromatic heterocycles. The molecule has 0 saturated carbocycles. The Kier molecular flexibility index (Phi) is 3.37. The summed E-state index contributed by atoms with van der Waals surface area (Å²) in [7, 11) is 0. The number of Topliss-reactive ketones (excluding diaryl/α,β-unsaturated/α-hetero) is 1.